The van der Waals surface area contributed by atoms with Crippen molar-refractivity contribution in [1.82, 2.24) is 0 Å². The van der Waals surface area contributed by atoms with Gasteiger partial charge in [0.05, 0.1) is 39.9 Å². The number of thioether (sulfide) groups is 1. The van der Waals surface area contributed by atoms with Crippen LogP contribution in [0.4, 0.5) is 0 Å². The van der Waals surface area contributed by atoms with Gasteiger partial charge < -0.3 is 9.59 Å². The van der Waals surface area contributed by atoms with E-state index >= 15 is 0 Å². The monoisotopic (exact) mass is 220 g/mol. The molecule has 0 aromatic rings. The van der Waals surface area contributed by atoms with Gasteiger partial charge in [-0.05, 0) is 0 Å². The maximum Gasteiger partial charge on any atom is 0.303 e. The molecule has 0 spiro atoms. The summed E-state index contributed by atoms with van der Waals surface area (Å²) in [5, 5.41) is 8.33. The molecule has 82 valence electrons. The summed E-state index contributed by atoms with van der Waals surface area (Å²) in [5.41, 5.74) is 0. The number of aliphatic carboxylic acids is 1. The van der Waals surface area contributed by atoms with Crippen molar-refractivity contribution in [1.29, 1.82) is 0 Å². The molecule has 0 aliphatic heterocycles. The Bertz CT molecular complexity index is 211. The van der Waals surface area contributed by atoms with Crippen LogP contribution in [0.3, 0.4) is 0 Å². The Kier molecular flexibility index (Phi) is 5.79. The lowest BCUT2D eigenvalue weighted by molar-refractivity contribution is -0.867. The molecule has 14 heavy (non-hydrogen) atoms. The molecule has 0 aromatic carbocycles. The molecular formula is C9H18NO3S+. The number of quaternary nitrogens is 1. The van der Waals surface area contributed by atoms with Crippen molar-refractivity contribution in [3.8, 4) is 0 Å². The van der Waals surface area contributed by atoms with E-state index in [0.29, 0.717) is 0 Å². The normalized spacial score (nSPS) is 11.4. The number of carboxylic acid groups (broad SMARTS) is 1. The molecule has 0 bridgehead atoms. The van der Waals surface area contributed by atoms with E-state index in [1.165, 1.54) is 11.8 Å². The maximum atomic E-state index is 11.1. The zero-order valence-electron chi connectivity index (χ0n) is 8.95. The molecule has 0 rings (SSSR count). The van der Waals surface area contributed by atoms with E-state index in [-0.39, 0.29) is 18.0 Å². The van der Waals surface area contributed by atoms with Crippen LogP contribution in [0, 0.1) is 0 Å². The highest BCUT2D eigenvalue weighted by atomic mass is 32.2. The van der Waals surface area contributed by atoms with E-state index in [1.807, 2.05) is 0 Å². The third kappa shape index (κ3) is 9.54. The van der Waals surface area contributed by atoms with Gasteiger partial charge in [0.15, 0.2) is 5.12 Å². The fourth-order valence-corrected chi connectivity index (χ4v) is 1.83. The number of nitrogens with zero attached hydrogens (tertiary/aromatic N) is 1. The Morgan fingerprint density at radius 1 is 1.21 bits per heavy atom. The van der Waals surface area contributed by atoms with Crippen molar-refractivity contribution in [2.24, 2.45) is 0 Å². The lowest BCUT2D eigenvalue weighted by Crippen LogP contribution is -2.36. The van der Waals surface area contributed by atoms with Gasteiger partial charge in [-0.25, -0.2) is 0 Å². The van der Waals surface area contributed by atoms with Crippen LogP contribution < -0.4 is 0 Å². The Morgan fingerprint density at radius 3 is 2.21 bits per heavy atom. The van der Waals surface area contributed by atoms with E-state index in [4.69, 9.17) is 5.11 Å². The number of carboxylic acids is 1. The first-order valence-corrected chi connectivity index (χ1v) is 5.48. The third-order valence-electron chi connectivity index (χ3n) is 1.57. The van der Waals surface area contributed by atoms with Crippen molar-refractivity contribution in [2.45, 2.75) is 12.8 Å². The number of hydrogen-bond acceptors (Lipinski definition) is 3. The van der Waals surface area contributed by atoms with Gasteiger partial charge in [-0.3, -0.25) is 9.59 Å². The van der Waals surface area contributed by atoms with Crippen LogP contribution in [0.15, 0.2) is 0 Å². The van der Waals surface area contributed by atoms with E-state index in [2.05, 4.69) is 21.1 Å². The number of hydrogen-bond donors (Lipinski definition) is 1. The minimum atomic E-state index is -0.912. The molecule has 1 N–H and O–H groups in total. The average Bonchev–Trinajstić information content (AvgIpc) is 1.98. The standard InChI is InChI=1S/C9H17NO3S/c1-10(2,3)6-7-14-9(13)5-4-8(11)12/h4-7H2,1-3H3/p+1. The van der Waals surface area contributed by atoms with Crippen molar-refractivity contribution in [3.63, 3.8) is 0 Å². The highest BCUT2D eigenvalue weighted by molar-refractivity contribution is 8.13. The van der Waals surface area contributed by atoms with Gasteiger partial charge >= 0.3 is 5.97 Å². The summed E-state index contributed by atoms with van der Waals surface area (Å²) < 4.78 is 0.819. The predicted molar refractivity (Wildman–Crippen MR) is 57.2 cm³/mol. The lowest BCUT2D eigenvalue weighted by Gasteiger charge is -2.23. The van der Waals surface area contributed by atoms with Crippen molar-refractivity contribution >= 4 is 22.8 Å². The van der Waals surface area contributed by atoms with Gasteiger partial charge in [-0.1, -0.05) is 11.8 Å². The summed E-state index contributed by atoms with van der Waals surface area (Å²) in [6.45, 7) is 0.906. The molecule has 5 heteroatoms. The maximum absolute atomic E-state index is 11.1. The molecule has 0 fully saturated rings. The van der Waals surface area contributed by atoms with Crippen LogP contribution in [-0.4, -0.2) is 54.1 Å². The number of carbonyl (C=O) groups is 2. The van der Waals surface area contributed by atoms with Crippen LogP contribution in [0.2, 0.25) is 0 Å². The fraction of sp³-hybridized carbons (Fsp3) is 0.778. The summed E-state index contributed by atoms with van der Waals surface area (Å²) in [7, 11) is 6.17. The van der Waals surface area contributed by atoms with Crippen molar-refractivity contribution < 1.29 is 19.2 Å². The minimum absolute atomic E-state index is 0.0270. The Labute approximate surface area is 88.9 Å². The fourth-order valence-electron chi connectivity index (χ4n) is 0.715. The zero-order valence-corrected chi connectivity index (χ0v) is 9.76. The van der Waals surface area contributed by atoms with Gasteiger partial charge in [0.2, 0.25) is 0 Å². The second kappa shape index (κ2) is 6.03. The first-order valence-electron chi connectivity index (χ1n) is 4.49. The van der Waals surface area contributed by atoms with Gasteiger partial charge in [-0.15, -0.1) is 0 Å². The van der Waals surface area contributed by atoms with Crippen LogP contribution in [-0.2, 0) is 9.59 Å². The Balaban J connectivity index is 3.50. The zero-order chi connectivity index (χ0) is 11.2. The molecule has 0 atom stereocenters. The van der Waals surface area contributed by atoms with Crippen LogP contribution in [0.25, 0.3) is 0 Å². The highest BCUT2D eigenvalue weighted by Crippen LogP contribution is 2.08. The third-order valence-corrected chi connectivity index (χ3v) is 2.48. The Hall–Kier alpha value is -0.550. The average molecular weight is 220 g/mol. The summed E-state index contributed by atoms with van der Waals surface area (Å²) in [4.78, 5) is 21.3. The highest BCUT2D eigenvalue weighted by Gasteiger charge is 2.10. The van der Waals surface area contributed by atoms with Crippen LogP contribution >= 0.6 is 11.8 Å². The summed E-state index contributed by atoms with van der Waals surface area (Å²) in [6, 6.07) is 0. The molecule has 0 saturated heterocycles. The van der Waals surface area contributed by atoms with Gasteiger partial charge in [0.25, 0.3) is 0 Å². The summed E-state index contributed by atoms with van der Waals surface area (Å²) in [5.74, 6) is -0.160. The van der Waals surface area contributed by atoms with Crippen LogP contribution in [0.5, 0.6) is 0 Å². The molecule has 0 radical (unpaired) electrons. The van der Waals surface area contributed by atoms with Gasteiger partial charge in [0, 0.05) is 6.42 Å². The molecule has 4 nitrogen and oxygen atoms in total. The molecule has 0 aliphatic carbocycles. The largest absolute Gasteiger partial charge is 0.481 e. The Morgan fingerprint density at radius 2 is 1.79 bits per heavy atom. The molecule has 0 heterocycles. The molecule has 0 aliphatic rings. The first kappa shape index (κ1) is 13.4. The second-order valence-corrected chi connectivity index (χ2v) is 5.28. The van der Waals surface area contributed by atoms with E-state index in [1.54, 1.807) is 0 Å². The van der Waals surface area contributed by atoms with Crippen molar-refractivity contribution in [2.75, 3.05) is 33.4 Å². The smallest absolute Gasteiger partial charge is 0.303 e. The minimum Gasteiger partial charge on any atom is -0.481 e. The van der Waals surface area contributed by atoms with Gasteiger partial charge in [0.1, 0.15) is 0 Å². The topological polar surface area (TPSA) is 54.4 Å². The number of carbonyl (C=O) groups excluding carboxylic acids is 1. The molecule has 0 aromatic heterocycles. The van der Waals surface area contributed by atoms with E-state index in [0.717, 1.165) is 16.8 Å². The molecule has 0 saturated carbocycles. The van der Waals surface area contributed by atoms with Crippen molar-refractivity contribution in [3.05, 3.63) is 0 Å². The predicted octanol–water partition coefficient (Wildman–Crippen LogP) is 0.817. The lowest BCUT2D eigenvalue weighted by atomic mass is 10.3. The SMILES string of the molecule is C[N+](C)(C)CCSC(=O)CCC(=O)O. The molecule has 0 unspecified atom stereocenters. The first-order chi connectivity index (χ1) is 6.31. The second-order valence-electron chi connectivity index (χ2n) is 4.13. The van der Waals surface area contributed by atoms with E-state index < -0.39 is 5.97 Å². The van der Waals surface area contributed by atoms with Crippen LogP contribution in [0.1, 0.15) is 12.8 Å². The number of rotatable bonds is 6. The van der Waals surface area contributed by atoms with E-state index in [9.17, 15) is 9.59 Å². The molecular weight excluding hydrogens is 202 g/mol. The van der Waals surface area contributed by atoms with Gasteiger partial charge in [-0.2, -0.15) is 0 Å². The summed E-state index contributed by atoms with van der Waals surface area (Å²) >= 11 is 1.23. The molecule has 0 amide bonds. The summed E-state index contributed by atoms with van der Waals surface area (Å²) in [6.07, 6.45) is 0.0767. The quantitative estimate of drug-likeness (QED) is 0.673.